The highest BCUT2D eigenvalue weighted by atomic mass is 35.5. The second-order valence-corrected chi connectivity index (χ2v) is 3.50. The first-order valence-corrected chi connectivity index (χ1v) is 4.27. The molecule has 0 heterocycles. The van der Waals surface area contributed by atoms with Gasteiger partial charge in [-0.1, -0.05) is 6.42 Å². The number of hydrogen-bond donors (Lipinski definition) is 0. The Morgan fingerprint density at radius 1 is 1.00 bits per heavy atom. The first kappa shape index (κ1) is 9.01. The highest BCUT2D eigenvalue weighted by Crippen LogP contribution is 2.34. The lowest BCUT2D eigenvalue weighted by molar-refractivity contribution is -0.122. The summed E-state index contributed by atoms with van der Waals surface area (Å²) in [4.78, 5) is 21.4. The summed E-state index contributed by atoms with van der Waals surface area (Å²) in [6.45, 7) is 0. The number of hydrogen-bond acceptors (Lipinski definition) is 2. The Kier molecular flexibility index (Phi) is 2.90. The molecule has 1 rings (SSSR count). The van der Waals surface area contributed by atoms with Crippen LogP contribution in [0.15, 0.2) is 0 Å². The molecule has 0 aromatic rings. The molecule has 1 saturated carbocycles. The van der Waals surface area contributed by atoms with E-state index in [1.54, 1.807) is 0 Å². The van der Waals surface area contributed by atoms with E-state index in [4.69, 9.17) is 23.2 Å². The van der Waals surface area contributed by atoms with Crippen molar-refractivity contribution in [2.24, 2.45) is 11.8 Å². The van der Waals surface area contributed by atoms with Gasteiger partial charge in [0.1, 0.15) is 0 Å². The van der Waals surface area contributed by atoms with E-state index in [1.807, 2.05) is 0 Å². The molecular weight excluding hydrogens is 187 g/mol. The van der Waals surface area contributed by atoms with Gasteiger partial charge in [0.25, 0.3) is 0 Å². The monoisotopic (exact) mass is 194 g/mol. The zero-order chi connectivity index (χ0) is 8.43. The first-order chi connectivity index (χ1) is 5.13. The molecule has 11 heavy (non-hydrogen) atoms. The molecule has 0 unspecified atom stereocenters. The summed E-state index contributed by atoms with van der Waals surface area (Å²) >= 11 is 10.5. The van der Waals surface area contributed by atoms with E-state index in [9.17, 15) is 9.59 Å². The zero-order valence-electron chi connectivity index (χ0n) is 5.85. The molecule has 1 aliphatic rings. The maximum Gasteiger partial charge on any atom is 0.225 e. The summed E-state index contributed by atoms with van der Waals surface area (Å²) in [6, 6.07) is 0. The third kappa shape index (κ3) is 1.94. The normalized spacial score (nSPS) is 30.4. The molecule has 0 aliphatic heterocycles. The van der Waals surface area contributed by atoms with Crippen LogP contribution in [0.1, 0.15) is 19.3 Å². The van der Waals surface area contributed by atoms with Crippen LogP contribution < -0.4 is 0 Å². The van der Waals surface area contributed by atoms with E-state index in [-0.39, 0.29) is 11.8 Å². The second kappa shape index (κ2) is 3.55. The van der Waals surface area contributed by atoms with Crippen LogP contribution in [0.2, 0.25) is 0 Å². The van der Waals surface area contributed by atoms with Crippen LogP contribution in [-0.4, -0.2) is 10.5 Å². The van der Waals surface area contributed by atoms with Crippen molar-refractivity contribution in [1.82, 2.24) is 0 Å². The lowest BCUT2D eigenvalue weighted by Gasteiger charge is -2.09. The predicted molar refractivity (Wildman–Crippen MR) is 42.6 cm³/mol. The molecule has 0 aromatic heterocycles. The summed E-state index contributed by atoms with van der Waals surface area (Å²) in [7, 11) is 0. The summed E-state index contributed by atoms with van der Waals surface area (Å²) in [6.07, 6.45) is 2.27. The quantitative estimate of drug-likeness (QED) is 0.631. The minimum atomic E-state index is -0.429. The summed E-state index contributed by atoms with van der Waals surface area (Å²) in [5, 5.41) is -0.858. The molecule has 4 heteroatoms. The van der Waals surface area contributed by atoms with Crippen LogP contribution in [0.3, 0.4) is 0 Å². The minimum Gasteiger partial charge on any atom is -0.281 e. The average Bonchev–Trinajstić information content (AvgIpc) is 2.32. The Bertz CT molecular complexity index is 171. The van der Waals surface area contributed by atoms with Gasteiger partial charge in [-0.15, -0.1) is 0 Å². The molecule has 0 amide bonds. The highest BCUT2D eigenvalue weighted by molar-refractivity contribution is 6.66. The molecule has 1 fully saturated rings. The van der Waals surface area contributed by atoms with E-state index in [1.165, 1.54) is 0 Å². The van der Waals surface area contributed by atoms with Gasteiger partial charge in [-0.3, -0.25) is 9.59 Å². The number of carbonyl (C=O) groups is 2. The molecule has 0 aromatic carbocycles. The van der Waals surface area contributed by atoms with Crippen molar-refractivity contribution in [3.63, 3.8) is 0 Å². The van der Waals surface area contributed by atoms with E-state index < -0.39 is 10.5 Å². The Hall–Kier alpha value is -0.0800. The van der Waals surface area contributed by atoms with Crippen LogP contribution >= 0.6 is 23.2 Å². The highest BCUT2D eigenvalue weighted by Gasteiger charge is 2.35. The molecule has 0 N–H and O–H groups in total. The topological polar surface area (TPSA) is 34.1 Å². The molecule has 0 bridgehead atoms. The molecule has 0 spiro atoms. The van der Waals surface area contributed by atoms with Crippen molar-refractivity contribution in [2.45, 2.75) is 19.3 Å². The van der Waals surface area contributed by atoms with E-state index in [2.05, 4.69) is 0 Å². The van der Waals surface area contributed by atoms with Gasteiger partial charge in [-0.25, -0.2) is 0 Å². The summed E-state index contributed by atoms with van der Waals surface area (Å²) in [5.41, 5.74) is 0. The van der Waals surface area contributed by atoms with Gasteiger partial charge in [0, 0.05) is 11.8 Å². The third-order valence-corrected chi connectivity index (χ3v) is 2.66. The van der Waals surface area contributed by atoms with Crippen molar-refractivity contribution >= 4 is 33.7 Å². The molecule has 0 saturated heterocycles. The number of rotatable bonds is 2. The third-order valence-electron chi connectivity index (χ3n) is 2.10. The van der Waals surface area contributed by atoms with Gasteiger partial charge < -0.3 is 0 Å². The maximum absolute atomic E-state index is 10.7. The van der Waals surface area contributed by atoms with Crippen molar-refractivity contribution < 1.29 is 9.59 Å². The Morgan fingerprint density at radius 2 is 1.36 bits per heavy atom. The van der Waals surface area contributed by atoms with Gasteiger partial charge in [0.05, 0.1) is 0 Å². The molecule has 1 aliphatic carbocycles. The molecule has 2 nitrogen and oxygen atoms in total. The van der Waals surface area contributed by atoms with Gasteiger partial charge >= 0.3 is 0 Å². The molecular formula is C7H8Cl2O2. The van der Waals surface area contributed by atoms with Gasteiger partial charge in [0.15, 0.2) is 0 Å². The fraction of sp³-hybridized carbons (Fsp3) is 0.714. The van der Waals surface area contributed by atoms with Crippen LogP contribution in [0.25, 0.3) is 0 Å². The smallest absolute Gasteiger partial charge is 0.225 e. The Morgan fingerprint density at radius 3 is 1.64 bits per heavy atom. The Labute approximate surface area is 74.9 Å². The average molecular weight is 195 g/mol. The molecule has 62 valence electrons. The van der Waals surface area contributed by atoms with E-state index in [0.717, 1.165) is 6.42 Å². The number of halogens is 2. The lowest BCUT2D eigenvalue weighted by Crippen LogP contribution is -2.19. The summed E-state index contributed by atoms with van der Waals surface area (Å²) in [5.74, 6) is -0.664. The van der Waals surface area contributed by atoms with Crippen molar-refractivity contribution in [3.05, 3.63) is 0 Å². The van der Waals surface area contributed by atoms with Gasteiger partial charge in [-0.2, -0.15) is 0 Å². The van der Waals surface area contributed by atoms with Gasteiger partial charge in [-0.05, 0) is 36.0 Å². The van der Waals surface area contributed by atoms with Crippen LogP contribution in [-0.2, 0) is 9.59 Å². The van der Waals surface area contributed by atoms with Gasteiger partial charge in [0.2, 0.25) is 10.5 Å². The lowest BCUT2D eigenvalue weighted by atomic mass is 9.99. The van der Waals surface area contributed by atoms with Crippen LogP contribution in [0.5, 0.6) is 0 Å². The van der Waals surface area contributed by atoms with Crippen LogP contribution in [0.4, 0.5) is 0 Å². The SMILES string of the molecule is O=C(Cl)[C@H]1CCC[C@H]1C(=O)Cl. The molecule has 0 radical (unpaired) electrons. The Balaban J connectivity index is 2.65. The maximum atomic E-state index is 10.7. The zero-order valence-corrected chi connectivity index (χ0v) is 7.36. The standard InChI is InChI=1S/C7H8Cl2O2/c8-6(10)4-2-1-3-5(4)7(9)11/h4-5H,1-3H2/t4-,5+. The van der Waals surface area contributed by atoms with Crippen molar-refractivity contribution in [2.75, 3.05) is 0 Å². The number of carbonyl (C=O) groups excluding carboxylic acids is 2. The van der Waals surface area contributed by atoms with Crippen molar-refractivity contribution in [3.8, 4) is 0 Å². The largest absolute Gasteiger partial charge is 0.281 e. The van der Waals surface area contributed by atoms with E-state index >= 15 is 0 Å². The van der Waals surface area contributed by atoms with Crippen LogP contribution in [0, 0.1) is 11.8 Å². The summed E-state index contributed by atoms with van der Waals surface area (Å²) < 4.78 is 0. The fourth-order valence-electron chi connectivity index (χ4n) is 1.50. The van der Waals surface area contributed by atoms with E-state index in [0.29, 0.717) is 12.8 Å². The second-order valence-electron chi connectivity index (χ2n) is 2.75. The molecule has 2 atom stereocenters. The fourth-order valence-corrected chi connectivity index (χ4v) is 2.03. The minimum absolute atomic E-state index is 0.332. The first-order valence-electron chi connectivity index (χ1n) is 3.51. The predicted octanol–water partition coefficient (Wildman–Crippen LogP) is 1.93. The van der Waals surface area contributed by atoms with Crippen molar-refractivity contribution in [1.29, 1.82) is 0 Å².